The molecule has 37 heavy (non-hydrogen) atoms. The second-order valence-corrected chi connectivity index (χ2v) is 12.7. The number of benzene rings is 2. The van der Waals surface area contributed by atoms with Gasteiger partial charge in [-0.1, -0.05) is 18.6 Å². The summed E-state index contributed by atoms with van der Waals surface area (Å²) < 4.78 is 49.8. The molecule has 2 aromatic carbocycles. The van der Waals surface area contributed by atoms with Gasteiger partial charge in [0.05, 0.1) is 11.5 Å². The van der Waals surface area contributed by atoms with Crippen molar-refractivity contribution in [2.75, 3.05) is 37.7 Å². The monoisotopic (exact) mass is 526 g/mol. The average Bonchev–Trinajstić information content (AvgIpc) is 3.23. The molecule has 0 radical (unpaired) electrons. The van der Waals surface area contributed by atoms with E-state index in [-0.39, 0.29) is 48.2 Å². The number of nitrogens with zero attached hydrogens (tertiary/aromatic N) is 2. The molecule has 2 saturated heterocycles. The second-order valence-electron chi connectivity index (χ2n) is 10.4. The molecule has 0 spiro atoms. The third-order valence-corrected chi connectivity index (χ3v) is 9.60. The van der Waals surface area contributed by atoms with E-state index in [0.29, 0.717) is 22.5 Å². The number of ether oxygens (including phenoxy) is 1. The summed E-state index contributed by atoms with van der Waals surface area (Å²) in [5, 5.41) is 0.728. The van der Waals surface area contributed by atoms with Crippen LogP contribution in [0.3, 0.4) is 0 Å². The lowest BCUT2D eigenvalue weighted by Crippen LogP contribution is -2.46. The number of carbonyl (C=O) groups excluding carboxylic acids is 1. The molecule has 6 rings (SSSR count). The zero-order valence-corrected chi connectivity index (χ0v) is 21.5. The fraction of sp³-hybridized carbons (Fsp3) is 0.464. The molecule has 7 nitrogen and oxygen atoms in total. The Hall–Kier alpha value is -2.91. The SMILES string of the molecule is O=C(c1oc2cc(OC3CCN(C4CCC4)CC3)ccc2c1-c1ccc(F)cc1)N1CCS(=O)(=O)CC1. The van der Waals surface area contributed by atoms with Crippen LogP contribution in [0.15, 0.2) is 46.9 Å². The van der Waals surface area contributed by atoms with Crippen molar-refractivity contribution in [3.05, 3.63) is 54.0 Å². The summed E-state index contributed by atoms with van der Waals surface area (Å²) >= 11 is 0. The van der Waals surface area contributed by atoms with Crippen LogP contribution in [0, 0.1) is 5.82 Å². The number of hydrogen-bond donors (Lipinski definition) is 0. The number of sulfone groups is 1. The molecule has 1 aromatic heterocycles. The van der Waals surface area contributed by atoms with E-state index >= 15 is 0 Å². The van der Waals surface area contributed by atoms with E-state index in [9.17, 15) is 17.6 Å². The van der Waals surface area contributed by atoms with Crippen molar-refractivity contribution in [1.82, 2.24) is 9.80 Å². The summed E-state index contributed by atoms with van der Waals surface area (Å²) in [7, 11) is -3.14. The first-order valence-electron chi connectivity index (χ1n) is 13.1. The molecule has 3 aliphatic rings. The summed E-state index contributed by atoms with van der Waals surface area (Å²) in [6, 6.07) is 12.3. The van der Waals surface area contributed by atoms with Crippen molar-refractivity contribution < 1.29 is 26.8 Å². The van der Waals surface area contributed by atoms with Gasteiger partial charge in [-0.2, -0.15) is 0 Å². The second kappa shape index (κ2) is 9.76. The maximum Gasteiger partial charge on any atom is 0.290 e. The highest BCUT2D eigenvalue weighted by molar-refractivity contribution is 7.91. The lowest BCUT2D eigenvalue weighted by atomic mass is 9.90. The highest BCUT2D eigenvalue weighted by atomic mass is 32.2. The van der Waals surface area contributed by atoms with Crippen molar-refractivity contribution in [2.24, 2.45) is 0 Å². The fourth-order valence-corrected chi connectivity index (χ4v) is 6.77. The molecule has 0 bridgehead atoms. The molecular weight excluding hydrogens is 495 g/mol. The third kappa shape index (κ3) is 4.99. The lowest BCUT2D eigenvalue weighted by Gasteiger charge is -2.41. The van der Waals surface area contributed by atoms with Crippen LogP contribution in [0.2, 0.25) is 0 Å². The normalized spacial score (nSPS) is 21.2. The molecule has 3 fully saturated rings. The maximum absolute atomic E-state index is 13.7. The van der Waals surface area contributed by atoms with Crippen LogP contribution in [-0.4, -0.2) is 74.0 Å². The summed E-state index contributed by atoms with van der Waals surface area (Å²) in [5.74, 6) is -0.0463. The predicted octanol–water partition coefficient (Wildman–Crippen LogP) is 4.51. The molecule has 0 unspecified atom stereocenters. The van der Waals surface area contributed by atoms with Crippen LogP contribution in [0.1, 0.15) is 42.7 Å². The number of fused-ring (bicyclic) bond motifs is 1. The van der Waals surface area contributed by atoms with Gasteiger partial charge in [-0.25, -0.2) is 12.8 Å². The van der Waals surface area contributed by atoms with Crippen LogP contribution < -0.4 is 4.74 Å². The van der Waals surface area contributed by atoms with Crippen LogP contribution in [0.25, 0.3) is 22.1 Å². The van der Waals surface area contributed by atoms with E-state index in [0.717, 1.165) is 37.4 Å². The number of halogens is 1. The summed E-state index contributed by atoms with van der Waals surface area (Å²) in [4.78, 5) is 17.6. The predicted molar refractivity (Wildman–Crippen MR) is 139 cm³/mol. The van der Waals surface area contributed by atoms with Crippen molar-refractivity contribution in [1.29, 1.82) is 0 Å². The minimum Gasteiger partial charge on any atom is -0.490 e. The first-order valence-corrected chi connectivity index (χ1v) is 14.9. The van der Waals surface area contributed by atoms with Crippen molar-refractivity contribution in [3.63, 3.8) is 0 Å². The number of rotatable bonds is 5. The molecular formula is C28H31FN2O5S. The molecule has 9 heteroatoms. The number of piperidine rings is 1. The number of amides is 1. The Bertz CT molecular complexity index is 1390. The largest absolute Gasteiger partial charge is 0.490 e. The van der Waals surface area contributed by atoms with Gasteiger partial charge in [0, 0.05) is 49.2 Å². The van der Waals surface area contributed by atoms with Crippen LogP contribution in [0.5, 0.6) is 5.75 Å². The van der Waals surface area contributed by atoms with Gasteiger partial charge < -0.3 is 19.0 Å². The van der Waals surface area contributed by atoms with E-state index in [1.807, 2.05) is 18.2 Å². The van der Waals surface area contributed by atoms with Crippen molar-refractivity contribution >= 4 is 26.7 Å². The Labute approximate surface area is 216 Å². The van der Waals surface area contributed by atoms with Crippen molar-refractivity contribution in [3.8, 4) is 16.9 Å². The Kier molecular flexibility index (Phi) is 6.44. The van der Waals surface area contributed by atoms with Gasteiger partial charge >= 0.3 is 0 Å². The van der Waals surface area contributed by atoms with Crippen LogP contribution in [-0.2, 0) is 9.84 Å². The Balaban J connectivity index is 1.28. The van der Waals surface area contributed by atoms with E-state index in [4.69, 9.17) is 9.15 Å². The number of furan rings is 1. The Morgan fingerprint density at radius 3 is 2.30 bits per heavy atom. The Morgan fingerprint density at radius 2 is 1.65 bits per heavy atom. The number of likely N-dealkylation sites (tertiary alicyclic amines) is 1. The highest BCUT2D eigenvalue weighted by Gasteiger charge is 2.32. The van der Waals surface area contributed by atoms with Gasteiger partial charge in [0.2, 0.25) is 5.76 Å². The number of hydrogen-bond acceptors (Lipinski definition) is 6. The zero-order valence-electron chi connectivity index (χ0n) is 20.7. The third-order valence-electron chi connectivity index (χ3n) is 7.99. The van der Waals surface area contributed by atoms with E-state index < -0.39 is 9.84 Å². The summed E-state index contributed by atoms with van der Waals surface area (Å²) in [5.41, 5.74) is 1.75. The van der Waals surface area contributed by atoms with Gasteiger partial charge in [-0.05, 0) is 55.5 Å². The van der Waals surface area contributed by atoms with Gasteiger partial charge in [0.1, 0.15) is 23.3 Å². The van der Waals surface area contributed by atoms with Crippen LogP contribution in [0.4, 0.5) is 4.39 Å². The quantitative estimate of drug-likeness (QED) is 0.487. The van der Waals surface area contributed by atoms with E-state index in [1.165, 1.54) is 36.3 Å². The minimum atomic E-state index is -3.14. The van der Waals surface area contributed by atoms with E-state index in [2.05, 4.69) is 4.90 Å². The molecule has 196 valence electrons. The molecule has 3 heterocycles. The van der Waals surface area contributed by atoms with Gasteiger partial charge in [0.15, 0.2) is 9.84 Å². The lowest BCUT2D eigenvalue weighted by molar-refractivity contribution is 0.0493. The summed E-state index contributed by atoms with van der Waals surface area (Å²) in [6.45, 7) is 2.35. The molecule has 2 aliphatic heterocycles. The molecule has 0 atom stereocenters. The minimum absolute atomic E-state index is 0.0671. The first kappa shape index (κ1) is 24.4. The average molecular weight is 527 g/mol. The number of carbonyl (C=O) groups is 1. The van der Waals surface area contributed by atoms with Gasteiger partial charge in [-0.3, -0.25) is 4.79 Å². The van der Waals surface area contributed by atoms with Crippen molar-refractivity contribution in [2.45, 2.75) is 44.2 Å². The molecule has 1 aliphatic carbocycles. The zero-order chi connectivity index (χ0) is 25.6. The Morgan fingerprint density at radius 1 is 0.946 bits per heavy atom. The van der Waals surface area contributed by atoms with Gasteiger partial charge in [-0.15, -0.1) is 0 Å². The fourth-order valence-electron chi connectivity index (χ4n) is 5.57. The summed E-state index contributed by atoms with van der Waals surface area (Å²) in [6.07, 6.45) is 6.06. The molecule has 1 amide bonds. The highest BCUT2D eigenvalue weighted by Crippen LogP contribution is 2.38. The molecule has 0 N–H and O–H groups in total. The van der Waals surface area contributed by atoms with Crippen LogP contribution >= 0.6 is 0 Å². The van der Waals surface area contributed by atoms with Gasteiger partial charge in [0.25, 0.3) is 5.91 Å². The maximum atomic E-state index is 13.7. The topological polar surface area (TPSA) is 80.1 Å². The standard InChI is InChI=1S/C28H31FN2O5S/c29-20-6-4-19(5-7-20)26-24-9-8-23(35-22-10-12-30(13-11-22)21-2-1-3-21)18-25(24)36-27(26)28(32)31-14-16-37(33,34)17-15-31/h4-9,18,21-22H,1-3,10-17H2. The smallest absolute Gasteiger partial charge is 0.290 e. The molecule has 3 aromatic rings. The van der Waals surface area contributed by atoms with E-state index in [1.54, 1.807) is 12.1 Å². The first-order chi connectivity index (χ1) is 17.9. The molecule has 1 saturated carbocycles.